The fourth-order valence-corrected chi connectivity index (χ4v) is 5.73. The van der Waals surface area contributed by atoms with Gasteiger partial charge in [-0.25, -0.2) is 4.98 Å². The highest BCUT2D eigenvalue weighted by Gasteiger charge is 2.12. The number of benzene rings is 3. The van der Waals surface area contributed by atoms with Crippen molar-refractivity contribution >= 4 is 24.7 Å². The molecule has 0 bridgehead atoms. The Kier molecular flexibility index (Phi) is 7.15. The van der Waals surface area contributed by atoms with Crippen molar-refractivity contribution < 1.29 is 0 Å². The molecule has 0 aliphatic rings. The van der Waals surface area contributed by atoms with E-state index < -0.39 is 0 Å². The molecule has 0 saturated carbocycles. The van der Waals surface area contributed by atoms with E-state index in [0.29, 0.717) is 0 Å². The fourth-order valence-electron chi connectivity index (χ4n) is 3.39. The van der Waals surface area contributed by atoms with Gasteiger partial charge in [0.25, 0.3) is 0 Å². The summed E-state index contributed by atoms with van der Waals surface area (Å²) in [5, 5.41) is 2.86. The number of rotatable bonds is 8. The lowest BCUT2D eigenvalue weighted by molar-refractivity contribution is 0.944. The molecule has 0 aliphatic heterocycles. The summed E-state index contributed by atoms with van der Waals surface area (Å²) in [5.74, 6) is 0. The van der Waals surface area contributed by atoms with Crippen LogP contribution >= 0.6 is 7.92 Å². The summed E-state index contributed by atoms with van der Waals surface area (Å²) >= 11 is 0. The standard InChI is InChI=1S/C27H25N2P/c1-4-12-23(13-5-1)27-19-10-14-24(29-27)22-28-20-11-21-30(25-15-6-2-7-16-25)26-17-8-3-9-18-26/h1-10,12-19,22H,11,20-21H2. The highest BCUT2D eigenvalue weighted by atomic mass is 31.1. The van der Waals surface area contributed by atoms with Crippen LogP contribution in [-0.2, 0) is 0 Å². The number of pyridine rings is 1. The van der Waals surface area contributed by atoms with E-state index in [1.807, 2.05) is 42.6 Å². The molecule has 1 aromatic heterocycles. The van der Waals surface area contributed by atoms with Crippen LogP contribution in [0, 0.1) is 0 Å². The number of nitrogens with zero attached hydrogens (tertiary/aromatic N) is 2. The second-order valence-electron chi connectivity index (χ2n) is 7.03. The van der Waals surface area contributed by atoms with Gasteiger partial charge in [0.05, 0.1) is 11.4 Å². The topological polar surface area (TPSA) is 25.2 Å². The number of hydrogen-bond acceptors (Lipinski definition) is 2. The molecule has 2 nitrogen and oxygen atoms in total. The molecule has 4 aromatic rings. The predicted molar refractivity (Wildman–Crippen MR) is 131 cm³/mol. The Morgan fingerprint density at radius 3 is 1.90 bits per heavy atom. The van der Waals surface area contributed by atoms with E-state index in [2.05, 4.69) is 77.8 Å². The Morgan fingerprint density at radius 2 is 1.27 bits per heavy atom. The number of hydrogen-bond donors (Lipinski definition) is 0. The van der Waals surface area contributed by atoms with Gasteiger partial charge >= 0.3 is 0 Å². The van der Waals surface area contributed by atoms with Crippen molar-refractivity contribution in [1.82, 2.24) is 4.98 Å². The van der Waals surface area contributed by atoms with Crippen LogP contribution in [0.5, 0.6) is 0 Å². The van der Waals surface area contributed by atoms with E-state index in [-0.39, 0.29) is 7.92 Å². The van der Waals surface area contributed by atoms with Crippen LogP contribution in [0.2, 0.25) is 0 Å². The zero-order chi connectivity index (χ0) is 20.4. The van der Waals surface area contributed by atoms with Crippen molar-refractivity contribution in [2.45, 2.75) is 6.42 Å². The van der Waals surface area contributed by atoms with Crippen molar-refractivity contribution in [2.24, 2.45) is 4.99 Å². The summed E-state index contributed by atoms with van der Waals surface area (Å²) < 4.78 is 0. The van der Waals surface area contributed by atoms with E-state index in [1.54, 1.807) is 0 Å². The third-order valence-electron chi connectivity index (χ3n) is 4.87. The summed E-state index contributed by atoms with van der Waals surface area (Å²) in [6.07, 6.45) is 4.10. The van der Waals surface area contributed by atoms with Crippen molar-refractivity contribution in [1.29, 1.82) is 0 Å². The molecule has 0 radical (unpaired) electrons. The van der Waals surface area contributed by atoms with Gasteiger partial charge in [0, 0.05) is 18.3 Å². The van der Waals surface area contributed by atoms with E-state index in [4.69, 9.17) is 4.98 Å². The summed E-state index contributed by atoms with van der Waals surface area (Å²) in [6, 6.07) is 38.1. The van der Waals surface area contributed by atoms with Crippen LogP contribution in [0.15, 0.2) is 114 Å². The van der Waals surface area contributed by atoms with Crippen molar-refractivity contribution in [3.05, 3.63) is 115 Å². The van der Waals surface area contributed by atoms with E-state index >= 15 is 0 Å². The molecule has 4 rings (SSSR count). The van der Waals surface area contributed by atoms with Crippen molar-refractivity contribution in [2.75, 3.05) is 12.7 Å². The zero-order valence-electron chi connectivity index (χ0n) is 16.9. The SMILES string of the molecule is C(=NCCCP(c1ccccc1)c1ccccc1)c1cccc(-c2ccccc2)n1. The molecule has 0 aliphatic carbocycles. The van der Waals surface area contributed by atoms with Gasteiger partial charge in [0.2, 0.25) is 0 Å². The first kappa shape index (κ1) is 20.2. The normalized spacial score (nSPS) is 11.2. The average Bonchev–Trinajstić information content (AvgIpc) is 2.83. The Labute approximate surface area is 180 Å². The Morgan fingerprint density at radius 1 is 0.667 bits per heavy atom. The van der Waals surface area contributed by atoms with Crippen molar-refractivity contribution in [3.8, 4) is 11.3 Å². The molecular formula is C27H25N2P. The lowest BCUT2D eigenvalue weighted by Crippen LogP contribution is -2.14. The first-order valence-electron chi connectivity index (χ1n) is 10.3. The number of aliphatic imine (C=N–C) groups is 1. The molecule has 0 atom stereocenters. The fraction of sp³-hybridized carbons (Fsp3) is 0.111. The lowest BCUT2D eigenvalue weighted by atomic mass is 10.1. The van der Waals surface area contributed by atoms with Crippen LogP contribution in [0.4, 0.5) is 0 Å². The van der Waals surface area contributed by atoms with Gasteiger partial charge in [0.15, 0.2) is 0 Å². The van der Waals surface area contributed by atoms with E-state index in [1.165, 1.54) is 10.6 Å². The summed E-state index contributed by atoms with van der Waals surface area (Å²) in [6.45, 7) is 0.815. The minimum atomic E-state index is -0.347. The van der Waals surface area contributed by atoms with E-state index in [0.717, 1.165) is 36.1 Å². The van der Waals surface area contributed by atoms with Gasteiger partial charge < -0.3 is 0 Å². The molecule has 0 N–H and O–H groups in total. The Hall–Kier alpha value is -3.09. The van der Waals surface area contributed by atoms with Crippen LogP contribution in [-0.4, -0.2) is 23.9 Å². The smallest absolute Gasteiger partial charge is 0.0815 e. The third kappa shape index (κ3) is 5.49. The van der Waals surface area contributed by atoms with Crippen LogP contribution in [0.1, 0.15) is 12.1 Å². The van der Waals surface area contributed by atoms with Gasteiger partial charge in [-0.15, -0.1) is 0 Å². The highest BCUT2D eigenvalue weighted by molar-refractivity contribution is 7.73. The van der Waals surface area contributed by atoms with Gasteiger partial charge in [-0.1, -0.05) is 97.1 Å². The van der Waals surface area contributed by atoms with Gasteiger partial charge in [-0.3, -0.25) is 4.99 Å². The molecule has 3 aromatic carbocycles. The lowest BCUT2D eigenvalue weighted by Gasteiger charge is -2.18. The molecule has 0 saturated heterocycles. The maximum absolute atomic E-state index is 4.73. The maximum Gasteiger partial charge on any atom is 0.0815 e. The molecule has 30 heavy (non-hydrogen) atoms. The van der Waals surface area contributed by atoms with Crippen LogP contribution in [0.25, 0.3) is 11.3 Å². The number of aromatic nitrogens is 1. The first-order chi connectivity index (χ1) is 14.9. The monoisotopic (exact) mass is 408 g/mol. The molecule has 0 fully saturated rings. The summed E-state index contributed by atoms with van der Waals surface area (Å²) in [5.41, 5.74) is 3.02. The second-order valence-corrected chi connectivity index (χ2v) is 9.36. The molecule has 0 spiro atoms. The minimum Gasteiger partial charge on any atom is -0.291 e. The quantitative estimate of drug-likeness (QED) is 0.209. The van der Waals surface area contributed by atoms with Crippen molar-refractivity contribution in [3.63, 3.8) is 0 Å². The van der Waals surface area contributed by atoms with Gasteiger partial charge in [-0.2, -0.15) is 0 Å². The van der Waals surface area contributed by atoms with Crippen LogP contribution < -0.4 is 10.6 Å². The average molecular weight is 408 g/mol. The molecule has 0 unspecified atom stereocenters. The molecular weight excluding hydrogens is 383 g/mol. The predicted octanol–water partition coefficient (Wildman–Crippen LogP) is 5.69. The maximum atomic E-state index is 4.73. The summed E-state index contributed by atoms with van der Waals surface area (Å²) in [7, 11) is -0.347. The van der Waals surface area contributed by atoms with Gasteiger partial charge in [0.1, 0.15) is 0 Å². The molecule has 148 valence electrons. The van der Waals surface area contributed by atoms with E-state index in [9.17, 15) is 0 Å². The largest absolute Gasteiger partial charge is 0.291 e. The Balaban J connectivity index is 1.38. The zero-order valence-corrected chi connectivity index (χ0v) is 17.8. The van der Waals surface area contributed by atoms with Gasteiger partial charge in [-0.05, 0) is 43.2 Å². The molecule has 0 amide bonds. The minimum absolute atomic E-state index is 0.347. The Bertz CT molecular complexity index is 1020. The third-order valence-corrected chi connectivity index (χ3v) is 7.47. The summed E-state index contributed by atoms with van der Waals surface area (Å²) in [4.78, 5) is 9.38. The highest BCUT2D eigenvalue weighted by Crippen LogP contribution is 2.34. The second kappa shape index (κ2) is 10.6. The molecule has 3 heteroatoms. The molecule has 1 heterocycles. The van der Waals surface area contributed by atoms with Crippen LogP contribution in [0.3, 0.4) is 0 Å². The first-order valence-corrected chi connectivity index (χ1v) is 11.8.